The Kier molecular flexibility index (Phi) is 5.49. The van der Waals surface area contributed by atoms with E-state index in [9.17, 15) is 13.2 Å². The number of carbonyl (C=O) groups is 1. The van der Waals surface area contributed by atoms with E-state index in [-0.39, 0.29) is 15.6 Å². The molecule has 0 spiro atoms. The van der Waals surface area contributed by atoms with Crippen LogP contribution in [0.1, 0.15) is 11.1 Å². The second kappa shape index (κ2) is 7.34. The molecule has 0 amide bonds. The number of carbonyl (C=O) groups excluding carboxylic acids is 1. The molecule has 0 aliphatic carbocycles. The van der Waals surface area contributed by atoms with Crippen LogP contribution in [0.25, 0.3) is 0 Å². The van der Waals surface area contributed by atoms with Crippen LogP contribution in [0.15, 0.2) is 60.2 Å². The number of rotatable bonds is 5. The summed E-state index contributed by atoms with van der Waals surface area (Å²) < 4.78 is 35.3. The second-order valence-corrected chi connectivity index (χ2v) is 10.1. The normalized spacial score (nSPS) is 19.9. The van der Waals surface area contributed by atoms with Crippen molar-refractivity contribution in [3.8, 4) is 0 Å². The van der Waals surface area contributed by atoms with Crippen LogP contribution in [-0.4, -0.2) is 37.7 Å². The molecule has 0 saturated carbocycles. The maximum absolute atomic E-state index is 13.1. The Bertz CT molecular complexity index is 1130. The number of hydrogen-bond donors (Lipinski definition) is 1. The number of Topliss-reactive ketones (excluding diaryl/α,β-unsaturated/α-hetero) is 1. The average Bonchev–Trinajstić information content (AvgIpc) is 2.88. The van der Waals surface area contributed by atoms with Gasteiger partial charge in [0.1, 0.15) is 15.7 Å². The minimum Gasteiger partial charge on any atom is -0.467 e. The molecule has 0 saturated heterocycles. The fraction of sp³-hybridized carbons (Fsp3) is 0.118. The first-order valence-corrected chi connectivity index (χ1v) is 10.8. The Hall–Kier alpha value is -2.03. The third-order valence-electron chi connectivity index (χ3n) is 4.93. The van der Waals surface area contributed by atoms with Gasteiger partial charge in [-0.3, -0.25) is 4.79 Å². The summed E-state index contributed by atoms with van der Waals surface area (Å²) in [6.45, 7) is 0. The van der Waals surface area contributed by atoms with E-state index >= 15 is 0 Å². The third kappa shape index (κ3) is 3.54. The van der Waals surface area contributed by atoms with E-state index in [0.717, 1.165) is 0 Å². The lowest BCUT2D eigenvalue weighted by atomic mass is 9.65. The number of hydrogen-bond acceptors (Lipinski definition) is 6. The minimum absolute atomic E-state index is 0.103. The molecular formula is C17H16B3Cl2NO5S. The standard InChI is InChI=1S/C17H16B3Cl2NO5S/c18-16(10-7-4-8-11(21)12(10)22)14(24)13(15(23)27-16)28-29(25,26)17(19,20)9-5-2-1-3-6-9/h1-8H,18-20,23H2. The van der Waals surface area contributed by atoms with Gasteiger partial charge < -0.3 is 14.7 Å². The first kappa shape index (κ1) is 21.7. The maximum atomic E-state index is 13.1. The lowest BCUT2D eigenvalue weighted by Crippen LogP contribution is -2.40. The van der Waals surface area contributed by atoms with Crippen LogP contribution in [-0.2, 0) is 33.9 Å². The van der Waals surface area contributed by atoms with E-state index < -0.39 is 37.6 Å². The summed E-state index contributed by atoms with van der Waals surface area (Å²) in [7, 11) is 0.0590. The zero-order chi connectivity index (χ0) is 21.6. The van der Waals surface area contributed by atoms with Gasteiger partial charge in [0, 0.05) is 5.56 Å². The van der Waals surface area contributed by atoms with Crippen LogP contribution in [0, 0.1) is 0 Å². The van der Waals surface area contributed by atoms with Gasteiger partial charge >= 0.3 is 10.1 Å². The zero-order valence-corrected chi connectivity index (χ0v) is 18.2. The molecular weight excluding hydrogens is 434 g/mol. The summed E-state index contributed by atoms with van der Waals surface area (Å²) in [6, 6.07) is 13.2. The third-order valence-corrected chi connectivity index (χ3v) is 7.62. The molecule has 1 aliphatic rings. The Labute approximate surface area is 181 Å². The van der Waals surface area contributed by atoms with Crippen LogP contribution < -0.4 is 5.73 Å². The van der Waals surface area contributed by atoms with E-state index in [1.54, 1.807) is 48.5 Å². The van der Waals surface area contributed by atoms with E-state index in [1.807, 2.05) is 0 Å². The van der Waals surface area contributed by atoms with Crippen molar-refractivity contribution in [1.82, 2.24) is 0 Å². The highest BCUT2D eigenvalue weighted by molar-refractivity contribution is 7.90. The molecule has 148 valence electrons. The monoisotopic (exact) mass is 449 g/mol. The van der Waals surface area contributed by atoms with Gasteiger partial charge in [-0.2, -0.15) is 8.42 Å². The molecule has 0 fully saturated rings. The molecule has 6 nitrogen and oxygen atoms in total. The van der Waals surface area contributed by atoms with E-state index in [4.69, 9.17) is 37.9 Å². The topological polar surface area (TPSA) is 95.7 Å². The van der Waals surface area contributed by atoms with Gasteiger partial charge in [0.05, 0.1) is 14.6 Å². The van der Waals surface area contributed by atoms with Crippen LogP contribution in [0.5, 0.6) is 0 Å². The van der Waals surface area contributed by atoms with Crippen molar-refractivity contribution in [1.29, 1.82) is 0 Å². The highest BCUT2D eigenvalue weighted by Gasteiger charge is 2.51. The number of halogens is 2. The predicted molar refractivity (Wildman–Crippen MR) is 119 cm³/mol. The van der Waals surface area contributed by atoms with Gasteiger partial charge in [0.15, 0.2) is 13.3 Å². The second-order valence-electron chi connectivity index (χ2n) is 7.17. The smallest absolute Gasteiger partial charge is 0.304 e. The number of ketones is 1. The number of nitrogens with two attached hydrogens (primary N) is 1. The van der Waals surface area contributed by atoms with Crippen LogP contribution in [0.3, 0.4) is 0 Å². The Morgan fingerprint density at radius 1 is 1.07 bits per heavy atom. The first-order chi connectivity index (χ1) is 13.4. The van der Waals surface area contributed by atoms with E-state index in [1.165, 1.54) is 23.5 Å². The molecule has 2 aromatic rings. The zero-order valence-electron chi connectivity index (χ0n) is 15.9. The first-order valence-electron chi connectivity index (χ1n) is 8.59. The molecule has 0 bridgehead atoms. The van der Waals surface area contributed by atoms with Gasteiger partial charge in [-0.25, -0.2) is 0 Å². The molecule has 1 atom stereocenters. The summed E-state index contributed by atoms with van der Waals surface area (Å²) in [6.07, 6.45) is 0. The van der Waals surface area contributed by atoms with Gasteiger partial charge in [-0.1, -0.05) is 65.7 Å². The summed E-state index contributed by atoms with van der Waals surface area (Å²) >= 11 is 12.3. The van der Waals surface area contributed by atoms with Crippen molar-refractivity contribution in [3.05, 3.63) is 81.3 Å². The molecule has 1 aliphatic heterocycles. The van der Waals surface area contributed by atoms with Crippen molar-refractivity contribution in [3.63, 3.8) is 0 Å². The Balaban J connectivity index is 1.97. The largest absolute Gasteiger partial charge is 0.467 e. The van der Waals surface area contributed by atoms with Crippen molar-refractivity contribution in [2.24, 2.45) is 5.73 Å². The fourth-order valence-electron chi connectivity index (χ4n) is 2.97. The summed E-state index contributed by atoms with van der Waals surface area (Å²) in [5, 5.41) is 0.319. The molecule has 2 N–H and O–H groups in total. The molecule has 1 unspecified atom stereocenters. The number of ether oxygens (including phenoxy) is 1. The van der Waals surface area contributed by atoms with Crippen LogP contribution >= 0.6 is 23.2 Å². The summed E-state index contributed by atoms with van der Waals surface area (Å²) in [5.74, 6) is -1.81. The molecule has 3 rings (SSSR count). The molecule has 12 heteroatoms. The highest BCUT2D eigenvalue weighted by Crippen LogP contribution is 2.41. The SMILES string of the molecule is BC1(c2cccc(Cl)c2Cl)OC(N)=C(OS(=O)(=O)C(B)(B)c2ccccc2)C1=O. The van der Waals surface area contributed by atoms with Gasteiger partial charge in [0.25, 0.3) is 0 Å². The number of benzene rings is 2. The quantitative estimate of drug-likeness (QED) is 0.507. The van der Waals surface area contributed by atoms with Crippen molar-refractivity contribution >= 4 is 62.6 Å². The molecule has 0 radical (unpaired) electrons. The van der Waals surface area contributed by atoms with Gasteiger partial charge in [-0.15, -0.1) is 0 Å². The van der Waals surface area contributed by atoms with Gasteiger partial charge in [-0.05, 0) is 11.6 Å². The fourth-order valence-corrected chi connectivity index (χ4v) is 4.46. The summed E-state index contributed by atoms with van der Waals surface area (Å²) in [5.41, 5.74) is 4.90. The van der Waals surface area contributed by atoms with Crippen molar-refractivity contribution in [2.45, 2.75) is 10.0 Å². The van der Waals surface area contributed by atoms with Crippen molar-refractivity contribution < 1.29 is 22.1 Å². The highest BCUT2D eigenvalue weighted by atomic mass is 35.5. The van der Waals surface area contributed by atoms with Crippen molar-refractivity contribution in [2.75, 3.05) is 0 Å². The molecule has 0 aromatic heterocycles. The average molecular weight is 450 g/mol. The van der Waals surface area contributed by atoms with E-state index in [2.05, 4.69) is 0 Å². The van der Waals surface area contributed by atoms with E-state index in [0.29, 0.717) is 5.56 Å². The van der Waals surface area contributed by atoms with Crippen LogP contribution in [0.4, 0.5) is 0 Å². The minimum atomic E-state index is -4.31. The maximum Gasteiger partial charge on any atom is 0.304 e. The van der Waals surface area contributed by atoms with Gasteiger partial charge in [0.2, 0.25) is 17.4 Å². The van der Waals surface area contributed by atoms with Crippen LogP contribution in [0.2, 0.25) is 10.0 Å². The lowest BCUT2D eigenvalue weighted by Gasteiger charge is -2.26. The Morgan fingerprint density at radius 2 is 1.69 bits per heavy atom. The summed E-state index contributed by atoms with van der Waals surface area (Å²) in [4.78, 5) is 13.1. The molecule has 29 heavy (non-hydrogen) atoms. The molecule has 2 aromatic carbocycles. The Morgan fingerprint density at radius 3 is 2.31 bits per heavy atom. The predicted octanol–water partition coefficient (Wildman–Crippen LogP) is -0.0705. The molecule has 1 heterocycles. The lowest BCUT2D eigenvalue weighted by molar-refractivity contribution is -0.126.